The number of aromatic nitrogens is 1. The van der Waals surface area contributed by atoms with Crippen molar-refractivity contribution in [2.24, 2.45) is 0 Å². The standard InChI is InChI=1S/C10H10O.C7H6F3N/c1-9-4-2-5-10(8-9)6-3-7-11;1-5-2-3-6(11-4-5)7(8,9)10/h2,4-5,8,11H,7H2,1H3;2-4H,1H3. The highest BCUT2D eigenvalue weighted by molar-refractivity contribution is 5.36. The average molecular weight is 307 g/mol. The van der Waals surface area contributed by atoms with Gasteiger partial charge in [-0.3, -0.25) is 4.98 Å². The number of halogens is 3. The molecule has 0 spiro atoms. The second kappa shape index (κ2) is 8.20. The minimum atomic E-state index is -4.33. The van der Waals surface area contributed by atoms with Gasteiger partial charge < -0.3 is 5.11 Å². The molecular weight excluding hydrogens is 291 g/mol. The second-order valence-electron chi connectivity index (χ2n) is 4.55. The predicted molar refractivity (Wildman–Crippen MR) is 79.1 cm³/mol. The van der Waals surface area contributed by atoms with Crippen LogP contribution in [0.25, 0.3) is 0 Å². The predicted octanol–water partition coefficient (Wildman–Crippen LogP) is 3.75. The number of nitrogens with zero attached hydrogens (tertiary/aromatic N) is 1. The molecule has 2 aromatic rings. The van der Waals surface area contributed by atoms with E-state index >= 15 is 0 Å². The Kier molecular flexibility index (Phi) is 6.61. The van der Waals surface area contributed by atoms with Crippen molar-refractivity contribution in [3.05, 3.63) is 65.0 Å². The summed E-state index contributed by atoms with van der Waals surface area (Å²) in [5.41, 5.74) is 2.02. The van der Waals surface area contributed by atoms with Gasteiger partial charge in [-0.05, 0) is 43.2 Å². The van der Waals surface area contributed by atoms with Gasteiger partial charge in [0.2, 0.25) is 0 Å². The number of pyridine rings is 1. The van der Waals surface area contributed by atoms with Crippen LogP contribution in [0.3, 0.4) is 0 Å². The summed E-state index contributed by atoms with van der Waals surface area (Å²) < 4.78 is 35.6. The molecule has 0 amide bonds. The van der Waals surface area contributed by atoms with Crippen molar-refractivity contribution in [2.45, 2.75) is 20.0 Å². The quantitative estimate of drug-likeness (QED) is 0.752. The minimum Gasteiger partial charge on any atom is -0.384 e. The van der Waals surface area contributed by atoms with Crippen molar-refractivity contribution in [1.29, 1.82) is 0 Å². The largest absolute Gasteiger partial charge is 0.433 e. The summed E-state index contributed by atoms with van der Waals surface area (Å²) in [5, 5.41) is 8.42. The maximum atomic E-state index is 11.9. The highest BCUT2D eigenvalue weighted by Crippen LogP contribution is 2.26. The first-order chi connectivity index (χ1) is 10.3. The molecule has 0 atom stereocenters. The first kappa shape index (κ1) is 17.7. The summed E-state index contributed by atoms with van der Waals surface area (Å²) in [6.07, 6.45) is -3.13. The summed E-state index contributed by atoms with van der Waals surface area (Å²) in [4.78, 5) is 3.22. The van der Waals surface area contributed by atoms with Gasteiger partial charge in [0, 0.05) is 11.8 Å². The van der Waals surface area contributed by atoms with E-state index in [1.54, 1.807) is 6.92 Å². The molecule has 22 heavy (non-hydrogen) atoms. The first-order valence-electron chi connectivity index (χ1n) is 6.49. The summed E-state index contributed by atoms with van der Waals surface area (Å²) in [5.74, 6) is 5.43. The average Bonchev–Trinajstić information content (AvgIpc) is 2.45. The topological polar surface area (TPSA) is 33.1 Å². The number of aryl methyl sites for hydroxylation is 2. The number of aliphatic hydroxyl groups excluding tert-OH is 1. The smallest absolute Gasteiger partial charge is 0.384 e. The molecule has 1 aromatic carbocycles. The number of benzene rings is 1. The van der Waals surface area contributed by atoms with Crippen molar-refractivity contribution < 1.29 is 18.3 Å². The SMILES string of the molecule is Cc1ccc(C(F)(F)F)nc1.Cc1cccc(C#CCO)c1. The number of hydrogen-bond donors (Lipinski definition) is 1. The van der Waals surface area contributed by atoms with Crippen LogP contribution in [0.4, 0.5) is 13.2 Å². The molecule has 1 aromatic heterocycles. The molecule has 1 heterocycles. The van der Waals surface area contributed by atoms with E-state index in [1.165, 1.54) is 17.8 Å². The van der Waals surface area contributed by atoms with Gasteiger partial charge in [-0.15, -0.1) is 0 Å². The van der Waals surface area contributed by atoms with Crippen LogP contribution in [0, 0.1) is 25.7 Å². The molecule has 0 saturated carbocycles. The van der Waals surface area contributed by atoms with Crippen molar-refractivity contribution in [3.63, 3.8) is 0 Å². The molecule has 0 fully saturated rings. The van der Waals surface area contributed by atoms with Crippen LogP contribution >= 0.6 is 0 Å². The Bertz CT molecular complexity index is 652. The number of aliphatic hydroxyl groups is 1. The van der Waals surface area contributed by atoms with Crippen molar-refractivity contribution in [2.75, 3.05) is 6.61 Å². The third kappa shape index (κ3) is 6.42. The molecule has 1 N–H and O–H groups in total. The first-order valence-corrected chi connectivity index (χ1v) is 6.49. The van der Waals surface area contributed by atoms with E-state index in [0.29, 0.717) is 0 Å². The lowest BCUT2D eigenvalue weighted by atomic mass is 10.1. The lowest BCUT2D eigenvalue weighted by Gasteiger charge is -2.03. The molecule has 0 aliphatic heterocycles. The fourth-order valence-electron chi connectivity index (χ4n) is 1.50. The van der Waals surface area contributed by atoms with Gasteiger partial charge in [0.15, 0.2) is 0 Å². The second-order valence-corrected chi connectivity index (χ2v) is 4.55. The highest BCUT2D eigenvalue weighted by Gasteiger charge is 2.31. The van der Waals surface area contributed by atoms with E-state index < -0.39 is 11.9 Å². The molecular formula is C17H16F3NO. The zero-order valence-electron chi connectivity index (χ0n) is 12.3. The normalized spacial score (nSPS) is 10.1. The van der Waals surface area contributed by atoms with E-state index in [9.17, 15) is 13.2 Å². The van der Waals surface area contributed by atoms with E-state index in [2.05, 4.69) is 16.8 Å². The zero-order chi connectivity index (χ0) is 16.6. The molecule has 0 radical (unpaired) electrons. The lowest BCUT2D eigenvalue weighted by molar-refractivity contribution is -0.141. The van der Waals surface area contributed by atoms with Crippen LogP contribution in [-0.4, -0.2) is 16.7 Å². The maximum Gasteiger partial charge on any atom is 0.433 e. The molecule has 0 bridgehead atoms. The molecule has 0 aliphatic carbocycles. The molecule has 0 unspecified atom stereocenters. The Morgan fingerprint density at radius 1 is 1.09 bits per heavy atom. The van der Waals surface area contributed by atoms with Gasteiger partial charge in [0.05, 0.1) is 0 Å². The summed E-state index contributed by atoms with van der Waals surface area (Å²) in [6, 6.07) is 10.2. The van der Waals surface area contributed by atoms with E-state index in [1.807, 2.05) is 31.2 Å². The summed E-state index contributed by atoms with van der Waals surface area (Å²) in [6.45, 7) is 3.63. The van der Waals surface area contributed by atoms with Crippen LogP contribution in [0.5, 0.6) is 0 Å². The van der Waals surface area contributed by atoms with Crippen LogP contribution in [0.2, 0.25) is 0 Å². The third-order valence-corrected chi connectivity index (χ3v) is 2.53. The maximum absolute atomic E-state index is 11.9. The van der Waals surface area contributed by atoms with Crippen LogP contribution in [0.15, 0.2) is 42.6 Å². The lowest BCUT2D eigenvalue weighted by Crippen LogP contribution is -2.07. The van der Waals surface area contributed by atoms with Gasteiger partial charge in [-0.1, -0.05) is 30.0 Å². The Morgan fingerprint density at radius 3 is 2.32 bits per heavy atom. The molecule has 5 heteroatoms. The Morgan fingerprint density at radius 2 is 1.82 bits per heavy atom. The van der Waals surface area contributed by atoms with Crippen molar-refractivity contribution in [1.82, 2.24) is 4.98 Å². The molecule has 0 saturated heterocycles. The monoisotopic (exact) mass is 307 g/mol. The van der Waals surface area contributed by atoms with Gasteiger partial charge >= 0.3 is 6.18 Å². The summed E-state index contributed by atoms with van der Waals surface area (Å²) >= 11 is 0. The number of rotatable bonds is 0. The van der Waals surface area contributed by atoms with E-state index in [4.69, 9.17) is 5.11 Å². The molecule has 0 aliphatic rings. The van der Waals surface area contributed by atoms with Crippen molar-refractivity contribution >= 4 is 0 Å². The Hall–Kier alpha value is -2.32. The molecule has 2 rings (SSSR count). The third-order valence-electron chi connectivity index (χ3n) is 2.53. The van der Waals surface area contributed by atoms with E-state index in [0.717, 1.165) is 17.2 Å². The van der Waals surface area contributed by atoms with Crippen LogP contribution in [0.1, 0.15) is 22.4 Å². The van der Waals surface area contributed by atoms with Crippen molar-refractivity contribution in [3.8, 4) is 11.8 Å². The Labute approximate surface area is 127 Å². The van der Waals surface area contributed by atoms with Gasteiger partial charge in [0.1, 0.15) is 12.3 Å². The fourth-order valence-corrected chi connectivity index (χ4v) is 1.50. The number of hydrogen-bond acceptors (Lipinski definition) is 2. The van der Waals surface area contributed by atoms with Crippen LogP contribution < -0.4 is 0 Å². The molecule has 116 valence electrons. The fraction of sp³-hybridized carbons (Fsp3) is 0.235. The van der Waals surface area contributed by atoms with Crippen LogP contribution in [-0.2, 0) is 6.18 Å². The Balaban J connectivity index is 0.000000220. The van der Waals surface area contributed by atoms with Gasteiger partial charge in [-0.25, -0.2) is 0 Å². The minimum absolute atomic E-state index is 0.0755. The molecule has 2 nitrogen and oxygen atoms in total. The summed E-state index contributed by atoms with van der Waals surface area (Å²) in [7, 11) is 0. The highest BCUT2D eigenvalue weighted by atomic mass is 19.4. The van der Waals surface area contributed by atoms with E-state index in [-0.39, 0.29) is 6.61 Å². The van der Waals surface area contributed by atoms with Gasteiger partial charge in [-0.2, -0.15) is 13.2 Å². The zero-order valence-corrected chi connectivity index (χ0v) is 12.3. The number of alkyl halides is 3. The van der Waals surface area contributed by atoms with Gasteiger partial charge in [0.25, 0.3) is 0 Å².